The number of ether oxygens (including phenoxy) is 1. The van der Waals surface area contributed by atoms with Crippen molar-refractivity contribution in [2.24, 2.45) is 0 Å². The van der Waals surface area contributed by atoms with Crippen molar-refractivity contribution in [1.29, 1.82) is 0 Å². The van der Waals surface area contributed by atoms with E-state index in [1.165, 1.54) is 10.7 Å². The second-order valence-corrected chi connectivity index (χ2v) is 12.7. The average Bonchev–Trinajstić information content (AvgIpc) is 3.02. The first kappa shape index (κ1) is 31.2. The first-order chi connectivity index (χ1) is 21.1. The third-order valence-corrected chi connectivity index (χ3v) is 9.32. The van der Waals surface area contributed by atoms with Crippen molar-refractivity contribution in [1.82, 2.24) is 14.6 Å². The Morgan fingerprint density at radius 3 is 2.05 bits per heavy atom. The number of nitrogens with zero attached hydrogens (tertiary/aromatic N) is 2. The molecular formula is C33H32F3N3O4S. The predicted molar refractivity (Wildman–Crippen MR) is 160 cm³/mol. The lowest BCUT2D eigenvalue weighted by molar-refractivity contribution is -0.274. The lowest BCUT2D eigenvalue weighted by atomic mass is 9.95. The molecule has 11 heteroatoms. The van der Waals surface area contributed by atoms with E-state index in [2.05, 4.69) is 15.0 Å². The first-order valence-electron chi connectivity index (χ1n) is 14.3. The maximum Gasteiger partial charge on any atom is 0.573 e. The van der Waals surface area contributed by atoms with Crippen LogP contribution in [0.2, 0.25) is 0 Å². The molecule has 1 amide bonds. The Morgan fingerprint density at radius 1 is 0.841 bits per heavy atom. The summed E-state index contributed by atoms with van der Waals surface area (Å²) in [5, 5.41) is 3.12. The van der Waals surface area contributed by atoms with Gasteiger partial charge in [-0.15, -0.1) is 13.2 Å². The summed E-state index contributed by atoms with van der Waals surface area (Å²) in [4.78, 5) is 16.6. The Morgan fingerprint density at radius 2 is 1.45 bits per heavy atom. The number of hydrogen-bond donors (Lipinski definition) is 1. The van der Waals surface area contributed by atoms with Gasteiger partial charge in [-0.2, -0.15) is 4.31 Å². The Hall–Kier alpha value is -4.22. The van der Waals surface area contributed by atoms with Gasteiger partial charge >= 0.3 is 6.36 Å². The van der Waals surface area contributed by atoms with Gasteiger partial charge in [0.25, 0.3) is 5.91 Å². The van der Waals surface area contributed by atoms with E-state index in [1.807, 2.05) is 36.4 Å². The van der Waals surface area contributed by atoms with E-state index in [-0.39, 0.29) is 29.9 Å². The highest BCUT2D eigenvalue weighted by Crippen LogP contribution is 2.28. The van der Waals surface area contributed by atoms with Gasteiger partial charge in [0, 0.05) is 37.1 Å². The van der Waals surface area contributed by atoms with E-state index in [4.69, 9.17) is 0 Å². The molecule has 0 spiro atoms. The number of rotatable bonds is 10. The number of amides is 1. The number of pyridine rings is 1. The molecule has 1 heterocycles. The van der Waals surface area contributed by atoms with Crippen molar-refractivity contribution in [2.45, 2.75) is 62.5 Å². The van der Waals surface area contributed by atoms with Gasteiger partial charge in [0.2, 0.25) is 10.0 Å². The number of carbonyl (C=O) groups excluding carboxylic acids is 1. The quantitative estimate of drug-likeness (QED) is 0.204. The molecule has 3 aromatic carbocycles. The zero-order chi connectivity index (χ0) is 31.2. The van der Waals surface area contributed by atoms with Crippen LogP contribution in [0.4, 0.5) is 13.2 Å². The summed E-state index contributed by atoms with van der Waals surface area (Å²) < 4.78 is 70.2. The van der Waals surface area contributed by atoms with Gasteiger partial charge in [0.05, 0.1) is 4.90 Å². The molecule has 230 valence electrons. The molecule has 1 aliphatic rings. The van der Waals surface area contributed by atoms with Crippen molar-refractivity contribution >= 4 is 15.9 Å². The van der Waals surface area contributed by atoms with Gasteiger partial charge in [-0.25, -0.2) is 8.42 Å². The fourth-order valence-corrected chi connectivity index (χ4v) is 6.64. The van der Waals surface area contributed by atoms with Crippen LogP contribution >= 0.6 is 0 Å². The molecule has 7 nitrogen and oxygen atoms in total. The standard InChI is InChI=1S/C33H32F3N3O4S/c34-33(35,36)43-30-16-18-31(19-17-30)44(41,42)39(23-25-5-4-20-37-21-25)22-24-8-10-26(11-9-24)27-12-14-28(15-13-27)32(40)38-29-6-2-1-3-7-29/h4-5,8-21,29H,1-3,6-7,22-23H2,(H,38,40). The first-order valence-corrected chi connectivity index (χ1v) is 15.8. The summed E-state index contributed by atoms with van der Waals surface area (Å²) in [7, 11) is -4.11. The van der Waals surface area contributed by atoms with Crippen LogP contribution in [0, 0.1) is 0 Å². The normalized spacial score (nSPS) is 14.4. The SMILES string of the molecule is O=C(NC1CCCCC1)c1ccc(-c2ccc(CN(Cc3cccnc3)S(=O)(=O)c3ccc(OC(F)(F)F)cc3)cc2)cc1. The summed E-state index contributed by atoms with van der Waals surface area (Å²) in [5.41, 5.74) is 3.77. The van der Waals surface area contributed by atoms with Gasteiger partial charge in [-0.1, -0.05) is 61.7 Å². The molecule has 5 rings (SSSR count). The minimum absolute atomic E-state index is 0.00309. The van der Waals surface area contributed by atoms with Crippen LogP contribution in [-0.2, 0) is 23.1 Å². The van der Waals surface area contributed by atoms with Crippen LogP contribution in [-0.4, -0.2) is 36.0 Å². The number of benzene rings is 3. The molecule has 1 aromatic heterocycles. The lowest BCUT2D eigenvalue weighted by Gasteiger charge is -2.23. The maximum atomic E-state index is 13.6. The summed E-state index contributed by atoms with van der Waals surface area (Å²) in [6.45, 7) is 0.0156. The molecule has 4 aromatic rings. The van der Waals surface area contributed by atoms with E-state index >= 15 is 0 Å². The van der Waals surface area contributed by atoms with Crippen LogP contribution in [0.25, 0.3) is 11.1 Å². The van der Waals surface area contributed by atoms with Gasteiger partial charge in [-0.05, 0) is 77.6 Å². The van der Waals surface area contributed by atoms with E-state index in [0.717, 1.165) is 61.1 Å². The predicted octanol–water partition coefficient (Wildman–Crippen LogP) is 7.10. The summed E-state index contributed by atoms with van der Waals surface area (Å²) >= 11 is 0. The number of carbonyl (C=O) groups is 1. The van der Waals surface area contributed by atoms with E-state index < -0.39 is 22.1 Å². The minimum Gasteiger partial charge on any atom is -0.406 e. The van der Waals surface area contributed by atoms with Crippen LogP contribution in [0.15, 0.2) is 102 Å². The Kier molecular flexibility index (Phi) is 9.65. The number of aromatic nitrogens is 1. The molecule has 1 fully saturated rings. The van der Waals surface area contributed by atoms with Crippen LogP contribution in [0.1, 0.15) is 53.6 Å². The molecule has 0 bridgehead atoms. The Labute approximate surface area is 254 Å². The summed E-state index contributed by atoms with van der Waals surface area (Å²) in [6.07, 6.45) is 3.78. The lowest BCUT2D eigenvalue weighted by Crippen LogP contribution is -2.36. The number of halogens is 3. The summed E-state index contributed by atoms with van der Waals surface area (Å²) in [6, 6.07) is 22.6. The number of sulfonamides is 1. The fourth-order valence-electron chi connectivity index (χ4n) is 5.22. The molecule has 0 atom stereocenters. The Balaban J connectivity index is 1.31. The van der Waals surface area contributed by atoms with Crippen LogP contribution in [0.3, 0.4) is 0 Å². The monoisotopic (exact) mass is 623 g/mol. The van der Waals surface area contributed by atoms with Crippen molar-refractivity contribution < 1.29 is 31.1 Å². The molecular weight excluding hydrogens is 591 g/mol. The minimum atomic E-state index is -4.88. The second-order valence-electron chi connectivity index (χ2n) is 10.7. The molecule has 0 radical (unpaired) electrons. The van der Waals surface area contributed by atoms with Gasteiger partial charge in [0.15, 0.2) is 0 Å². The molecule has 44 heavy (non-hydrogen) atoms. The van der Waals surface area contributed by atoms with E-state index in [0.29, 0.717) is 16.7 Å². The summed E-state index contributed by atoms with van der Waals surface area (Å²) in [5.74, 6) is -0.583. The molecule has 1 N–H and O–H groups in total. The second kappa shape index (κ2) is 13.6. The zero-order valence-corrected chi connectivity index (χ0v) is 24.7. The number of hydrogen-bond acceptors (Lipinski definition) is 5. The highest BCUT2D eigenvalue weighted by molar-refractivity contribution is 7.89. The van der Waals surface area contributed by atoms with Gasteiger partial charge in [-0.3, -0.25) is 9.78 Å². The van der Waals surface area contributed by atoms with Crippen molar-refractivity contribution in [3.8, 4) is 16.9 Å². The third kappa shape index (κ3) is 8.23. The van der Waals surface area contributed by atoms with E-state index in [1.54, 1.807) is 36.7 Å². The third-order valence-electron chi connectivity index (χ3n) is 7.51. The fraction of sp³-hybridized carbons (Fsp3) is 0.273. The van der Waals surface area contributed by atoms with Gasteiger partial charge < -0.3 is 10.1 Å². The van der Waals surface area contributed by atoms with Crippen molar-refractivity contribution in [2.75, 3.05) is 0 Å². The highest BCUT2D eigenvalue weighted by Gasteiger charge is 2.31. The smallest absolute Gasteiger partial charge is 0.406 e. The maximum absolute atomic E-state index is 13.6. The largest absolute Gasteiger partial charge is 0.573 e. The highest BCUT2D eigenvalue weighted by atomic mass is 32.2. The molecule has 1 aliphatic carbocycles. The van der Waals surface area contributed by atoms with Crippen LogP contribution < -0.4 is 10.1 Å². The number of nitrogens with one attached hydrogen (secondary N) is 1. The molecule has 0 aliphatic heterocycles. The van der Waals surface area contributed by atoms with Crippen LogP contribution in [0.5, 0.6) is 5.75 Å². The van der Waals surface area contributed by atoms with Crippen molar-refractivity contribution in [3.63, 3.8) is 0 Å². The molecule has 0 unspecified atom stereocenters. The average molecular weight is 624 g/mol. The molecule has 0 saturated heterocycles. The molecule has 1 saturated carbocycles. The zero-order valence-electron chi connectivity index (χ0n) is 23.8. The topological polar surface area (TPSA) is 88.6 Å². The Bertz CT molecular complexity index is 1640. The van der Waals surface area contributed by atoms with Gasteiger partial charge in [0.1, 0.15) is 5.75 Å². The number of alkyl halides is 3. The van der Waals surface area contributed by atoms with Crippen molar-refractivity contribution in [3.05, 3.63) is 114 Å². The van der Waals surface area contributed by atoms with E-state index in [9.17, 15) is 26.4 Å².